The van der Waals surface area contributed by atoms with Gasteiger partial charge in [-0.05, 0) is 51.0 Å². The van der Waals surface area contributed by atoms with Crippen molar-refractivity contribution in [3.63, 3.8) is 0 Å². The number of esters is 1. The fourth-order valence-corrected chi connectivity index (χ4v) is 6.27. The number of aromatic nitrogens is 2. The molecule has 1 aliphatic heterocycles. The van der Waals surface area contributed by atoms with Gasteiger partial charge in [0, 0.05) is 23.4 Å². The molecule has 1 amide bonds. The van der Waals surface area contributed by atoms with E-state index in [1.54, 1.807) is 22.6 Å². The Kier molecular flexibility index (Phi) is 6.16. The second kappa shape index (κ2) is 8.78. The molecule has 150 valence electrons. The predicted octanol–water partition coefficient (Wildman–Crippen LogP) is 3.46. The van der Waals surface area contributed by atoms with E-state index in [1.165, 1.54) is 35.0 Å². The van der Waals surface area contributed by atoms with E-state index in [0.29, 0.717) is 25.4 Å². The summed E-state index contributed by atoms with van der Waals surface area (Å²) in [6.45, 7) is 3.37. The van der Waals surface area contributed by atoms with Gasteiger partial charge < -0.3 is 9.64 Å². The normalized spacial score (nSPS) is 19.5. The number of hydrogen-bond donors (Lipinski definition) is 0. The van der Waals surface area contributed by atoms with Crippen molar-refractivity contribution in [1.29, 1.82) is 0 Å². The third-order valence-corrected chi connectivity index (χ3v) is 7.62. The van der Waals surface area contributed by atoms with Crippen molar-refractivity contribution in [2.24, 2.45) is 5.92 Å². The third-order valence-electron chi connectivity index (χ3n) is 5.44. The number of likely N-dealkylation sites (tertiary alicyclic amines) is 1. The molecule has 8 heteroatoms. The minimum absolute atomic E-state index is 0.0647. The average Bonchev–Trinajstić information content (AvgIpc) is 3.11. The van der Waals surface area contributed by atoms with Crippen LogP contribution in [-0.2, 0) is 27.2 Å². The zero-order valence-electron chi connectivity index (χ0n) is 16.1. The maximum absolute atomic E-state index is 12.8. The lowest BCUT2D eigenvalue weighted by Gasteiger charge is -2.31. The Morgan fingerprint density at radius 2 is 2.14 bits per heavy atom. The summed E-state index contributed by atoms with van der Waals surface area (Å²) in [4.78, 5) is 38.0. The summed E-state index contributed by atoms with van der Waals surface area (Å²) in [5.41, 5.74) is 1.39. The van der Waals surface area contributed by atoms with E-state index in [9.17, 15) is 9.59 Å². The van der Waals surface area contributed by atoms with Gasteiger partial charge in [-0.15, -0.1) is 11.3 Å². The molecule has 2 aromatic heterocycles. The average molecular weight is 420 g/mol. The molecule has 0 bridgehead atoms. The van der Waals surface area contributed by atoms with Gasteiger partial charge in [0.1, 0.15) is 16.2 Å². The number of piperidine rings is 1. The largest absolute Gasteiger partial charge is 0.466 e. The quantitative estimate of drug-likeness (QED) is 0.420. The van der Waals surface area contributed by atoms with Crippen LogP contribution in [0.3, 0.4) is 0 Å². The first-order chi connectivity index (χ1) is 13.7. The summed E-state index contributed by atoms with van der Waals surface area (Å²) in [6.07, 6.45) is 7.90. The summed E-state index contributed by atoms with van der Waals surface area (Å²) in [6, 6.07) is 0. The van der Waals surface area contributed by atoms with E-state index in [2.05, 4.69) is 9.97 Å². The van der Waals surface area contributed by atoms with Crippen molar-refractivity contribution < 1.29 is 14.3 Å². The van der Waals surface area contributed by atoms with Crippen LogP contribution in [0.25, 0.3) is 10.2 Å². The molecule has 0 radical (unpaired) electrons. The maximum atomic E-state index is 12.8. The van der Waals surface area contributed by atoms with E-state index in [-0.39, 0.29) is 17.8 Å². The topological polar surface area (TPSA) is 72.4 Å². The van der Waals surface area contributed by atoms with E-state index in [4.69, 9.17) is 4.74 Å². The molecule has 6 nitrogen and oxygen atoms in total. The number of carbonyl (C=O) groups excluding carboxylic acids is 2. The first-order valence-corrected chi connectivity index (χ1v) is 11.8. The second-order valence-corrected chi connectivity index (χ2v) is 9.34. The lowest BCUT2D eigenvalue weighted by Crippen LogP contribution is -2.43. The smallest absolute Gasteiger partial charge is 0.310 e. The van der Waals surface area contributed by atoms with E-state index in [0.717, 1.165) is 40.9 Å². The van der Waals surface area contributed by atoms with Crippen molar-refractivity contribution >= 4 is 45.2 Å². The van der Waals surface area contributed by atoms with Crippen molar-refractivity contribution in [1.82, 2.24) is 14.9 Å². The highest BCUT2D eigenvalue weighted by molar-refractivity contribution is 8.00. The minimum Gasteiger partial charge on any atom is -0.466 e. The Morgan fingerprint density at radius 3 is 3.00 bits per heavy atom. The van der Waals surface area contributed by atoms with Gasteiger partial charge >= 0.3 is 5.97 Å². The number of rotatable bonds is 5. The Bertz CT molecular complexity index is 883. The third kappa shape index (κ3) is 4.03. The van der Waals surface area contributed by atoms with E-state index >= 15 is 0 Å². The zero-order valence-corrected chi connectivity index (χ0v) is 17.7. The van der Waals surface area contributed by atoms with Crippen LogP contribution in [0.4, 0.5) is 0 Å². The van der Waals surface area contributed by atoms with Gasteiger partial charge in [-0.25, -0.2) is 9.97 Å². The summed E-state index contributed by atoms with van der Waals surface area (Å²) >= 11 is 3.27. The van der Waals surface area contributed by atoms with Gasteiger partial charge in [-0.1, -0.05) is 11.8 Å². The molecule has 28 heavy (non-hydrogen) atoms. The van der Waals surface area contributed by atoms with E-state index < -0.39 is 0 Å². The lowest BCUT2D eigenvalue weighted by molar-refractivity contribution is -0.151. The number of nitrogens with zero attached hydrogens (tertiary/aromatic N) is 3. The Hall–Kier alpha value is -1.67. The minimum atomic E-state index is -0.197. The van der Waals surface area contributed by atoms with Crippen LogP contribution in [0, 0.1) is 5.92 Å². The number of fused-ring (bicyclic) bond motifs is 3. The fraction of sp³-hybridized carbons (Fsp3) is 0.600. The van der Waals surface area contributed by atoms with Crippen molar-refractivity contribution in [3.8, 4) is 0 Å². The second-order valence-electron chi connectivity index (χ2n) is 7.29. The molecule has 0 aromatic carbocycles. The standard InChI is InChI=1S/C20H25N3O3S2/c1-2-26-20(25)13-6-5-9-23(10-13)16(24)11-27-18-17-14-7-3-4-8-15(14)28-19(17)22-12-21-18/h12-13H,2-11H2,1H3/t13-/m1/s1. The molecular weight excluding hydrogens is 394 g/mol. The molecule has 0 N–H and O–H groups in total. The molecule has 1 saturated heterocycles. The number of amides is 1. The molecule has 1 aliphatic carbocycles. The van der Waals surface area contributed by atoms with Crippen molar-refractivity contribution in [2.45, 2.75) is 50.5 Å². The maximum Gasteiger partial charge on any atom is 0.310 e. The summed E-state index contributed by atoms with van der Waals surface area (Å²) in [5.74, 6) is 0.0222. The van der Waals surface area contributed by atoms with Crippen LogP contribution in [0.15, 0.2) is 11.4 Å². The van der Waals surface area contributed by atoms with Gasteiger partial charge in [0.05, 0.1) is 18.3 Å². The van der Waals surface area contributed by atoms with Crippen molar-refractivity contribution in [3.05, 3.63) is 16.8 Å². The van der Waals surface area contributed by atoms with Crippen LogP contribution < -0.4 is 0 Å². The number of ether oxygens (including phenoxy) is 1. The summed E-state index contributed by atoms with van der Waals surface area (Å²) in [7, 11) is 0. The molecule has 1 fully saturated rings. The first-order valence-electron chi connectivity index (χ1n) is 9.99. The first kappa shape index (κ1) is 19.6. The Morgan fingerprint density at radius 1 is 1.29 bits per heavy atom. The lowest BCUT2D eigenvalue weighted by atomic mass is 9.97. The summed E-state index contributed by atoms with van der Waals surface area (Å²) < 4.78 is 5.13. The monoisotopic (exact) mass is 419 g/mol. The highest BCUT2D eigenvalue weighted by Crippen LogP contribution is 2.39. The number of aryl methyl sites for hydroxylation is 2. The molecule has 2 aliphatic rings. The van der Waals surface area contributed by atoms with Gasteiger partial charge in [0.25, 0.3) is 0 Å². The zero-order chi connectivity index (χ0) is 19.5. The van der Waals surface area contributed by atoms with Crippen molar-refractivity contribution in [2.75, 3.05) is 25.4 Å². The molecule has 1 atom stereocenters. The Labute approximate surface area is 173 Å². The summed E-state index contributed by atoms with van der Waals surface area (Å²) in [5, 5.41) is 2.07. The molecule has 0 unspecified atom stereocenters. The molecule has 0 saturated carbocycles. The van der Waals surface area contributed by atoms with E-state index in [1.807, 2.05) is 6.92 Å². The molecule has 2 aromatic rings. The van der Waals surface area contributed by atoms with Gasteiger partial charge in [-0.3, -0.25) is 9.59 Å². The molecule has 4 rings (SSSR count). The number of hydrogen-bond acceptors (Lipinski definition) is 7. The predicted molar refractivity (Wildman–Crippen MR) is 111 cm³/mol. The van der Waals surface area contributed by atoms with Gasteiger partial charge in [-0.2, -0.15) is 0 Å². The van der Waals surface area contributed by atoms with Gasteiger partial charge in [0.2, 0.25) is 5.91 Å². The number of thioether (sulfide) groups is 1. The Balaban J connectivity index is 1.44. The van der Waals surface area contributed by atoms with Crippen LogP contribution in [0.1, 0.15) is 43.0 Å². The van der Waals surface area contributed by atoms with Crippen LogP contribution in [-0.4, -0.2) is 52.2 Å². The van der Waals surface area contributed by atoms with Crippen LogP contribution >= 0.6 is 23.1 Å². The molecular formula is C20H25N3O3S2. The molecule has 3 heterocycles. The SMILES string of the molecule is CCOC(=O)[C@@H]1CCCN(C(=O)CSc2ncnc3sc4c(c23)CCCC4)C1. The highest BCUT2D eigenvalue weighted by Gasteiger charge is 2.29. The highest BCUT2D eigenvalue weighted by atomic mass is 32.2. The number of carbonyl (C=O) groups is 2. The van der Waals surface area contributed by atoms with Crippen LogP contribution in [0.5, 0.6) is 0 Å². The molecule has 0 spiro atoms. The van der Waals surface area contributed by atoms with Crippen LogP contribution in [0.2, 0.25) is 0 Å². The van der Waals surface area contributed by atoms with Gasteiger partial charge in [0.15, 0.2) is 0 Å². The fourth-order valence-electron chi connectivity index (χ4n) is 4.05. The number of thiophene rings is 1.